The molecule has 1 fully saturated rings. The van der Waals surface area contributed by atoms with Crippen molar-refractivity contribution < 1.29 is 18.3 Å². The third kappa shape index (κ3) is 4.04. The Hall–Kier alpha value is -3.23. The van der Waals surface area contributed by atoms with Crippen molar-refractivity contribution in [3.63, 3.8) is 0 Å². The SMILES string of the molecule is CN(c1cc2c(cn1)ncn2C)c1c(F)cc(C2CN(C(=O)OC(C)(C)C)C2)cc1F. The van der Waals surface area contributed by atoms with Gasteiger partial charge in [0.25, 0.3) is 0 Å². The Balaban J connectivity index is 1.52. The van der Waals surface area contributed by atoms with E-state index >= 15 is 0 Å². The highest BCUT2D eigenvalue weighted by Gasteiger charge is 2.35. The van der Waals surface area contributed by atoms with Crippen LogP contribution in [0.5, 0.6) is 0 Å². The molecular weight excluding hydrogens is 404 g/mol. The normalized spacial score (nSPS) is 14.6. The molecule has 31 heavy (non-hydrogen) atoms. The van der Waals surface area contributed by atoms with E-state index in [0.29, 0.717) is 30.0 Å². The maximum atomic E-state index is 14.9. The Kier molecular flexibility index (Phi) is 5.07. The maximum absolute atomic E-state index is 14.9. The first-order chi connectivity index (χ1) is 14.5. The Bertz CT molecular complexity index is 1130. The Morgan fingerprint density at radius 2 is 1.81 bits per heavy atom. The van der Waals surface area contributed by atoms with Gasteiger partial charge >= 0.3 is 6.09 Å². The number of nitrogens with zero attached hydrogens (tertiary/aromatic N) is 5. The monoisotopic (exact) mass is 429 g/mol. The number of carbonyl (C=O) groups excluding carboxylic acids is 1. The number of anilines is 2. The van der Waals surface area contributed by atoms with Crippen LogP contribution in [0.2, 0.25) is 0 Å². The molecule has 1 amide bonds. The van der Waals surface area contributed by atoms with Gasteiger partial charge in [-0.15, -0.1) is 0 Å². The van der Waals surface area contributed by atoms with Gasteiger partial charge in [-0.3, -0.25) is 0 Å². The molecule has 1 aliphatic heterocycles. The predicted molar refractivity (Wildman–Crippen MR) is 113 cm³/mol. The Morgan fingerprint density at radius 3 is 2.42 bits per heavy atom. The molecule has 9 heteroatoms. The Morgan fingerprint density at radius 1 is 1.16 bits per heavy atom. The summed E-state index contributed by atoms with van der Waals surface area (Å²) in [6.07, 6.45) is 2.81. The van der Waals surface area contributed by atoms with E-state index in [2.05, 4.69) is 9.97 Å². The summed E-state index contributed by atoms with van der Waals surface area (Å²) >= 11 is 0. The highest BCUT2D eigenvalue weighted by Crippen LogP contribution is 2.35. The third-order valence-corrected chi connectivity index (χ3v) is 5.32. The number of hydrogen-bond acceptors (Lipinski definition) is 5. The van der Waals surface area contributed by atoms with Crippen LogP contribution in [0.1, 0.15) is 32.3 Å². The number of fused-ring (bicyclic) bond motifs is 1. The number of imidazole rings is 1. The molecule has 0 bridgehead atoms. The zero-order valence-electron chi connectivity index (χ0n) is 18.2. The molecule has 0 N–H and O–H groups in total. The van der Waals surface area contributed by atoms with Gasteiger partial charge in [0.2, 0.25) is 0 Å². The smallest absolute Gasteiger partial charge is 0.410 e. The molecule has 164 valence electrons. The second kappa shape index (κ2) is 7.47. The average Bonchev–Trinajstić information content (AvgIpc) is 2.99. The van der Waals surface area contributed by atoms with Crippen molar-refractivity contribution in [1.82, 2.24) is 19.4 Å². The molecule has 3 aromatic rings. The van der Waals surface area contributed by atoms with Crippen LogP contribution in [0, 0.1) is 11.6 Å². The highest BCUT2D eigenvalue weighted by molar-refractivity contribution is 5.79. The quantitative estimate of drug-likeness (QED) is 0.620. The third-order valence-electron chi connectivity index (χ3n) is 5.32. The molecule has 0 unspecified atom stereocenters. The second-order valence-corrected chi connectivity index (χ2v) is 8.86. The molecule has 4 rings (SSSR count). The van der Waals surface area contributed by atoms with Crippen molar-refractivity contribution >= 4 is 28.6 Å². The number of carbonyl (C=O) groups is 1. The number of aromatic nitrogens is 3. The van der Waals surface area contributed by atoms with Crippen LogP contribution in [0.25, 0.3) is 11.0 Å². The summed E-state index contributed by atoms with van der Waals surface area (Å²) < 4.78 is 37.0. The largest absolute Gasteiger partial charge is 0.444 e. The van der Waals surface area contributed by atoms with Gasteiger partial charge in [-0.25, -0.2) is 23.5 Å². The lowest BCUT2D eigenvalue weighted by molar-refractivity contribution is 0.00817. The molecule has 1 aliphatic rings. The van der Waals surface area contributed by atoms with Gasteiger partial charge in [-0.2, -0.15) is 0 Å². The Labute approximate surface area is 179 Å². The van der Waals surface area contributed by atoms with Gasteiger partial charge in [0.15, 0.2) is 0 Å². The standard InChI is InChI=1S/C22H25F2N5O2/c1-22(2,3)31-21(30)29-10-14(11-29)13-6-15(23)20(16(24)7-13)28(5)19-8-18-17(9-25-19)26-12-27(18)4/h6-9,12,14H,10-11H2,1-5H3. The number of rotatable bonds is 3. The summed E-state index contributed by atoms with van der Waals surface area (Å²) in [5.74, 6) is -1.10. The molecule has 0 radical (unpaired) electrons. The molecule has 0 atom stereocenters. The fourth-order valence-corrected chi connectivity index (χ4v) is 3.62. The van der Waals surface area contributed by atoms with Crippen molar-refractivity contribution in [2.45, 2.75) is 32.3 Å². The van der Waals surface area contributed by atoms with Crippen LogP contribution in [0.4, 0.5) is 25.1 Å². The highest BCUT2D eigenvalue weighted by atomic mass is 19.1. The number of halogens is 2. The first kappa shape index (κ1) is 21.0. The van der Waals surface area contributed by atoms with Crippen LogP contribution in [0.3, 0.4) is 0 Å². The van der Waals surface area contributed by atoms with E-state index in [1.54, 1.807) is 46.4 Å². The number of pyridine rings is 1. The van der Waals surface area contributed by atoms with Crippen molar-refractivity contribution in [2.24, 2.45) is 7.05 Å². The van der Waals surface area contributed by atoms with E-state index in [4.69, 9.17) is 4.74 Å². The number of aryl methyl sites for hydroxylation is 1. The molecule has 2 aromatic heterocycles. The molecular formula is C22H25F2N5O2. The van der Waals surface area contributed by atoms with Crippen LogP contribution >= 0.6 is 0 Å². The minimum absolute atomic E-state index is 0.139. The average molecular weight is 429 g/mol. The minimum Gasteiger partial charge on any atom is -0.444 e. The lowest BCUT2D eigenvalue weighted by Gasteiger charge is -2.40. The summed E-state index contributed by atoms with van der Waals surface area (Å²) in [6, 6.07) is 4.39. The van der Waals surface area contributed by atoms with Gasteiger partial charge in [-0.05, 0) is 38.5 Å². The fraction of sp³-hybridized carbons (Fsp3) is 0.409. The van der Waals surface area contributed by atoms with E-state index in [1.807, 2.05) is 11.6 Å². The van der Waals surface area contributed by atoms with Crippen LogP contribution in [-0.4, -0.2) is 51.3 Å². The van der Waals surface area contributed by atoms with E-state index in [1.165, 1.54) is 21.9 Å². The maximum Gasteiger partial charge on any atom is 0.410 e. The molecule has 3 heterocycles. The molecule has 0 spiro atoms. The summed E-state index contributed by atoms with van der Waals surface area (Å²) in [5.41, 5.74) is 1.27. The lowest BCUT2D eigenvalue weighted by Crippen LogP contribution is -2.50. The summed E-state index contributed by atoms with van der Waals surface area (Å²) in [4.78, 5) is 23.5. The van der Waals surface area contributed by atoms with Gasteiger partial charge in [0.05, 0.1) is 18.0 Å². The molecule has 0 aliphatic carbocycles. The first-order valence-electron chi connectivity index (χ1n) is 10.0. The van der Waals surface area contributed by atoms with E-state index in [-0.39, 0.29) is 11.6 Å². The van der Waals surface area contributed by atoms with Gasteiger partial charge < -0.3 is 19.1 Å². The number of likely N-dealkylation sites (tertiary alicyclic amines) is 1. The number of amides is 1. The number of benzene rings is 1. The van der Waals surface area contributed by atoms with Crippen LogP contribution in [0.15, 0.2) is 30.7 Å². The fourth-order valence-electron chi connectivity index (χ4n) is 3.62. The van der Waals surface area contributed by atoms with Crippen LogP contribution in [-0.2, 0) is 11.8 Å². The zero-order valence-corrected chi connectivity index (χ0v) is 18.2. The lowest BCUT2D eigenvalue weighted by atomic mass is 9.91. The van der Waals surface area contributed by atoms with Crippen molar-refractivity contribution in [3.8, 4) is 0 Å². The van der Waals surface area contributed by atoms with Gasteiger partial charge in [0.1, 0.15) is 34.3 Å². The first-order valence-corrected chi connectivity index (χ1v) is 10.0. The molecule has 7 nitrogen and oxygen atoms in total. The molecule has 1 aromatic carbocycles. The predicted octanol–water partition coefficient (Wildman–Crippen LogP) is 4.35. The molecule has 0 saturated carbocycles. The summed E-state index contributed by atoms with van der Waals surface area (Å²) in [7, 11) is 3.41. The van der Waals surface area contributed by atoms with E-state index < -0.39 is 23.3 Å². The van der Waals surface area contributed by atoms with Gasteiger partial charge in [0, 0.05) is 39.2 Å². The zero-order chi connectivity index (χ0) is 22.5. The summed E-state index contributed by atoms with van der Waals surface area (Å²) in [6.45, 7) is 6.11. The molecule has 1 saturated heterocycles. The summed E-state index contributed by atoms with van der Waals surface area (Å²) in [5, 5.41) is 0. The van der Waals surface area contributed by atoms with Crippen molar-refractivity contribution in [2.75, 3.05) is 25.0 Å². The van der Waals surface area contributed by atoms with Crippen molar-refractivity contribution in [3.05, 3.63) is 47.9 Å². The van der Waals surface area contributed by atoms with E-state index in [0.717, 1.165) is 5.52 Å². The van der Waals surface area contributed by atoms with E-state index in [9.17, 15) is 13.6 Å². The minimum atomic E-state index is -0.680. The number of hydrogen-bond donors (Lipinski definition) is 0. The second-order valence-electron chi connectivity index (χ2n) is 8.86. The van der Waals surface area contributed by atoms with Crippen molar-refractivity contribution in [1.29, 1.82) is 0 Å². The van der Waals surface area contributed by atoms with Gasteiger partial charge in [-0.1, -0.05) is 0 Å². The topological polar surface area (TPSA) is 63.5 Å². The number of ether oxygens (including phenoxy) is 1. The van der Waals surface area contributed by atoms with Crippen LogP contribution < -0.4 is 4.90 Å².